The van der Waals surface area contributed by atoms with Crippen molar-refractivity contribution in [1.29, 1.82) is 0 Å². The maximum atomic E-state index is 11.6. The third-order valence-corrected chi connectivity index (χ3v) is 4.69. The van der Waals surface area contributed by atoms with Crippen LogP contribution < -0.4 is 10.2 Å². The van der Waals surface area contributed by atoms with Crippen LogP contribution in [0.4, 0.5) is 5.95 Å². The fraction of sp³-hybridized carbons (Fsp3) is 0.636. The second kappa shape index (κ2) is 5.19. The Hall–Kier alpha value is -1.21. The van der Waals surface area contributed by atoms with E-state index in [0.29, 0.717) is 12.0 Å². The topological polar surface area (TPSA) is 75.2 Å². The van der Waals surface area contributed by atoms with Crippen molar-refractivity contribution in [3.8, 4) is 0 Å². The molecule has 2 rings (SSSR count). The van der Waals surface area contributed by atoms with Crippen molar-refractivity contribution in [3.63, 3.8) is 0 Å². The van der Waals surface area contributed by atoms with Gasteiger partial charge in [-0.05, 0) is 6.92 Å². The lowest BCUT2D eigenvalue weighted by atomic mass is 10.2. The smallest absolute Gasteiger partial charge is 0.225 e. The van der Waals surface area contributed by atoms with Crippen molar-refractivity contribution in [1.82, 2.24) is 15.3 Å². The fourth-order valence-electron chi connectivity index (χ4n) is 1.91. The predicted molar refractivity (Wildman–Crippen MR) is 69.4 cm³/mol. The molecule has 2 heterocycles. The number of hydrogen-bond donors (Lipinski definition) is 1. The Bertz CT molecular complexity index is 500. The molecule has 6 nitrogen and oxygen atoms in total. The van der Waals surface area contributed by atoms with Crippen LogP contribution in [0.25, 0.3) is 0 Å². The van der Waals surface area contributed by atoms with E-state index in [1.54, 1.807) is 6.92 Å². The fourth-order valence-corrected chi connectivity index (χ4v) is 2.67. The molecule has 0 bridgehead atoms. The number of sulfone groups is 1. The van der Waals surface area contributed by atoms with Crippen LogP contribution in [0, 0.1) is 0 Å². The van der Waals surface area contributed by atoms with Gasteiger partial charge in [-0.1, -0.05) is 6.92 Å². The molecule has 1 aromatic rings. The normalized spacial score (nSPS) is 21.0. The van der Waals surface area contributed by atoms with Crippen LogP contribution in [0.1, 0.15) is 13.8 Å². The Morgan fingerprint density at radius 3 is 2.67 bits per heavy atom. The van der Waals surface area contributed by atoms with Gasteiger partial charge in [0.05, 0.1) is 18.1 Å². The number of piperazine rings is 1. The van der Waals surface area contributed by atoms with E-state index >= 15 is 0 Å². The second-order valence-electron chi connectivity index (χ2n) is 4.42. The van der Waals surface area contributed by atoms with Gasteiger partial charge >= 0.3 is 0 Å². The Morgan fingerprint density at radius 2 is 2.11 bits per heavy atom. The average Bonchev–Trinajstić information content (AvgIpc) is 2.39. The molecule has 7 heteroatoms. The molecule has 1 N–H and O–H groups in total. The van der Waals surface area contributed by atoms with E-state index in [-0.39, 0.29) is 10.6 Å². The predicted octanol–water partition coefficient (Wildman–Crippen LogP) is 0.0683. The molecule has 18 heavy (non-hydrogen) atoms. The van der Waals surface area contributed by atoms with Crippen LogP contribution >= 0.6 is 0 Å². The maximum absolute atomic E-state index is 11.6. The van der Waals surface area contributed by atoms with Crippen LogP contribution in [0.3, 0.4) is 0 Å². The van der Waals surface area contributed by atoms with Gasteiger partial charge in [0.25, 0.3) is 0 Å². The SMILES string of the molecule is CCS(=O)(=O)c1cnc(N2CCN[C@H](C)C2)nc1. The standard InChI is InChI=1S/C11H18N4O2S/c1-3-18(16,17)10-6-13-11(14-7-10)15-5-4-12-9(2)8-15/h6-7,9,12H,3-5,8H2,1-2H3/t9-/m1/s1. The summed E-state index contributed by atoms with van der Waals surface area (Å²) in [6, 6.07) is 0.390. The summed E-state index contributed by atoms with van der Waals surface area (Å²) in [5.74, 6) is 0.666. The highest BCUT2D eigenvalue weighted by Gasteiger charge is 2.19. The number of anilines is 1. The highest BCUT2D eigenvalue weighted by Crippen LogP contribution is 2.13. The first-order valence-electron chi connectivity index (χ1n) is 6.06. The third-order valence-electron chi connectivity index (χ3n) is 3.01. The van der Waals surface area contributed by atoms with E-state index in [9.17, 15) is 8.42 Å². The van der Waals surface area contributed by atoms with Gasteiger partial charge in [-0.25, -0.2) is 18.4 Å². The van der Waals surface area contributed by atoms with E-state index < -0.39 is 9.84 Å². The first-order chi connectivity index (χ1) is 8.53. The molecule has 1 saturated heterocycles. The summed E-state index contributed by atoms with van der Waals surface area (Å²) < 4.78 is 23.3. The van der Waals surface area contributed by atoms with Crippen LogP contribution in [0.5, 0.6) is 0 Å². The number of rotatable bonds is 3. The molecular formula is C11H18N4O2S. The van der Waals surface area contributed by atoms with Gasteiger partial charge in [0, 0.05) is 25.7 Å². The summed E-state index contributed by atoms with van der Waals surface area (Å²) in [6.07, 6.45) is 2.79. The van der Waals surface area contributed by atoms with Crippen LogP contribution in [0.2, 0.25) is 0 Å². The van der Waals surface area contributed by atoms with Crippen molar-refractivity contribution in [3.05, 3.63) is 12.4 Å². The lowest BCUT2D eigenvalue weighted by Gasteiger charge is -2.31. The lowest BCUT2D eigenvalue weighted by Crippen LogP contribution is -2.49. The minimum Gasteiger partial charge on any atom is -0.338 e. The monoisotopic (exact) mass is 270 g/mol. The van der Waals surface area contributed by atoms with E-state index in [1.165, 1.54) is 12.4 Å². The summed E-state index contributed by atoms with van der Waals surface area (Å²) >= 11 is 0. The summed E-state index contributed by atoms with van der Waals surface area (Å²) in [6.45, 7) is 6.27. The van der Waals surface area contributed by atoms with Gasteiger partial charge in [-0.15, -0.1) is 0 Å². The number of nitrogens with one attached hydrogen (secondary N) is 1. The Morgan fingerprint density at radius 1 is 1.44 bits per heavy atom. The molecule has 0 saturated carbocycles. The minimum absolute atomic E-state index is 0.0698. The van der Waals surface area contributed by atoms with Crippen LogP contribution in [0.15, 0.2) is 17.3 Å². The number of hydrogen-bond acceptors (Lipinski definition) is 6. The largest absolute Gasteiger partial charge is 0.338 e. The molecule has 0 unspecified atom stereocenters. The van der Waals surface area contributed by atoms with E-state index in [4.69, 9.17) is 0 Å². The molecule has 1 aliphatic heterocycles. The van der Waals surface area contributed by atoms with Gasteiger partial charge in [-0.3, -0.25) is 0 Å². The van der Waals surface area contributed by atoms with Gasteiger partial charge in [-0.2, -0.15) is 0 Å². The van der Waals surface area contributed by atoms with E-state index in [0.717, 1.165) is 19.6 Å². The molecule has 0 aromatic carbocycles. The molecule has 0 amide bonds. The van der Waals surface area contributed by atoms with Crippen molar-refractivity contribution < 1.29 is 8.42 Å². The Kier molecular flexibility index (Phi) is 3.82. The highest BCUT2D eigenvalue weighted by atomic mass is 32.2. The molecule has 1 fully saturated rings. The zero-order chi connectivity index (χ0) is 13.2. The average molecular weight is 270 g/mol. The first kappa shape index (κ1) is 13.2. The summed E-state index contributed by atoms with van der Waals surface area (Å²) in [4.78, 5) is 10.6. The molecule has 0 spiro atoms. The molecule has 1 aromatic heterocycles. The van der Waals surface area contributed by atoms with Crippen LogP contribution in [-0.2, 0) is 9.84 Å². The molecule has 1 atom stereocenters. The maximum Gasteiger partial charge on any atom is 0.225 e. The molecule has 100 valence electrons. The Balaban J connectivity index is 2.17. The highest BCUT2D eigenvalue weighted by molar-refractivity contribution is 7.91. The van der Waals surface area contributed by atoms with Gasteiger partial charge in [0.1, 0.15) is 4.90 Å². The zero-order valence-corrected chi connectivity index (χ0v) is 11.4. The van der Waals surface area contributed by atoms with Crippen molar-refractivity contribution in [2.45, 2.75) is 24.8 Å². The quantitative estimate of drug-likeness (QED) is 0.837. The zero-order valence-electron chi connectivity index (χ0n) is 10.6. The summed E-state index contributed by atoms with van der Waals surface area (Å²) in [5, 5.41) is 3.33. The molecule has 0 aliphatic carbocycles. The Labute approximate surface area is 107 Å². The summed E-state index contributed by atoms with van der Waals surface area (Å²) in [7, 11) is -3.21. The first-order valence-corrected chi connectivity index (χ1v) is 7.71. The summed E-state index contributed by atoms with van der Waals surface area (Å²) in [5.41, 5.74) is 0. The minimum atomic E-state index is -3.21. The van der Waals surface area contributed by atoms with E-state index in [2.05, 4.69) is 27.1 Å². The van der Waals surface area contributed by atoms with Crippen molar-refractivity contribution >= 4 is 15.8 Å². The number of aromatic nitrogens is 2. The van der Waals surface area contributed by atoms with Gasteiger partial charge in [0.15, 0.2) is 9.84 Å². The second-order valence-corrected chi connectivity index (χ2v) is 6.70. The van der Waals surface area contributed by atoms with Crippen molar-refractivity contribution in [2.24, 2.45) is 0 Å². The van der Waals surface area contributed by atoms with E-state index in [1.807, 2.05) is 0 Å². The lowest BCUT2D eigenvalue weighted by molar-refractivity contribution is 0.479. The molecular weight excluding hydrogens is 252 g/mol. The van der Waals surface area contributed by atoms with Gasteiger partial charge < -0.3 is 10.2 Å². The molecule has 1 aliphatic rings. The number of nitrogens with zero attached hydrogens (tertiary/aromatic N) is 3. The molecule has 0 radical (unpaired) electrons. The van der Waals surface area contributed by atoms with Crippen LogP contribution in [-0.4, -0.2) is 49.8 Å². The van der Waals surface area contributed by atoms with Crippen molar-refractivity contribution in [2.75, 3.05) is 30.3 Å². The third kappa shape index (κ3) is 2.78. The van der Waals surface area contributed by atoms with Gasteiger partial charge in [0.2, 0.25) is 5.95 Å².